The molecule has 1 heterocycles. The standard InChI is InChI=1S/C16H27N3O/c1-15(8-10-19(2)11-9-15)13-18-14(20)16(12-17)6-4-3-5-7-16/h3-11,13H2,1-2H3,(H,18,20). The number of carbonyl (C=O) groups excluding carboxylic acids is 1. The van der Waals surface area contributed by atoms with Crippen LogP contribution in [0.25, 0.3) is 0 Å². The summed E-state index contributed by atoms with van der Waals surface area (Å²) in [5.41, 5.74) is -0.562. The van der Waals surface area contributed by atoms with Crippen LogP contribution < -0.4 is 5.32 Å². The van der Waals surface area contributed by atoms with Crippen molar-refractivity contribution in [2.75, 3.05) is 26.7 Å². The second-order valence-corrected chi connectivity index (χ2v) is 7.05. The minimum absolute atomic E-state index is 0.0279. The van der Waals surface area contributed by atoms with Gasteiger partial charge >= 0.3 is 0 Å². The van der Waals surface area contributed by atoms with Gasteiger partial charge < -0.3 is 10.2 Å². The van der Waals surface area contributed by atoms with Gasteiger partial charge in [0.1, 0.15) is 5.41 Å². The van der Waals surface area contributed by atoms with Crippen LogP contribution in [0.15, 0.2) is 0 Å². The van der Waals surface area contributed by atoms with Crippen LogP contribution in [0.2, 0.25) is 0 Å². The predicted octanol–water partition coefficient (Wildman–Crippen LogP) is 2.31. The van der Waals surface area contributed by atoms with Gasteiger partial charge in [-0.1, -0.05) is 26.2 Å². The largest absolute Gasteiger partial charge is 0.354 e. The van der Waals surface area contributed by atoms with Crippen molar-refractivity contribution < 1.29 is 4.79 Å². The van der Waals surface area contributed by atoms with Crippen LogP contribution in [0.1, 0.15) is 51.9 Å². The molecule has 20 heavy (non-hydrogen) atoms. The van der Waals surface area contributed by atoms with E-state index in [-0.39, 0.29) is 11.3 Å². The van der Waals surface area contributed by atoms with Gasteiger partial charge in [-0.15, -0.1) is 0 Å². The van der Waals surface area contributed by atoms with E-state index in [0.717, 1.165) is 58.0 Å². The Kier molecular flexibility index (Phi) is 4.70. The maximum atomic E-state index is 12.5. The first-order valence-corrected chi connectivity index (χ1v) is 7.88. The molecule has 0 bridgehead atoms. The van der Waals surface area contributed by atoms with Gasteiger partial charge in [-0.25, -0.2) is 0 Å². The number of amides is 1. The maximum Gasteiger partial charge on any atom is 0.240 e. The fourth-order valence-corrected chi connectivity index (χ4v) is 3.34. The molecule has 1 saturated carbocycles. The fraction of sp³-hybridized carbons (Fsp3) is 0.875. The summed E-state index contributed by atoms with van der Waals surface area (Å²) in [6.45, 7) is 5.15. The molecule has 2 aliphatic rings. The van der Waals surface area contributed by atoms with Gasteiger partial charge in [0.15, 0.2) is 0 Å². The lowest BCUT2D eigenvalue weighted by Gasteiger charge is -2.39. The van der Waals surface area contributed by atoms with Crippen LogP contribution >= 0.6 is 0 Å². The summed E-state index contributed by atoms with van der Waals surface area (Å²) in [6.07, 6.45) is 6.85. The molecular weight excluding hydrogens is 250 g/mol. The van der Waals surface area contributed by atoms with E-state index in [1.165, 1.54) is 0 Å². The van der Waals surface area contributed by atoms with E-state index in [4.69, 9.17) is 0 Å². The molecule has 0 aromatic rings. The number of nitrogens with one attached hydrogen (secondary N) is 1. The van der Waals surface area contributed by atoms with E-state index in [2.05, 4.69) is 30.3 Å². The highest BCUT2D eigenvalue weighted by molar-refractivity contribution is 5.85. The predicted molar refractivity (Wildman–Crippen MR) is 79.0 cm³/mol. The minimum Gasteiger partial charge on any atom is -0.354 e. The first kappa shape index (κ1) is 15.3. The van der Waals surface area contributed by atoms with Crippen molar-refractivity contribution in [3.8, 4) is 6.07 Å². The molecule has 1 saturated heterocycles. The first-order chi connectivity index (χ1) is 9.50. The summed E-state index contributed by atoms with van der Waals surface area (Å²) < 4.78 is 0. The zero-order valence-electron chi connectivity index (χ0n) is 12.9. The van der Waals surface area contributed by atoms with Crippen molar-refractivity contribution in [1.29, 1.82) is 5.26 Å². The lowest BCUT2D eigenvalue weighted by Crippen LogP contribution is -2.48. The van der Waals surface area contributed by atoms with E-state index in [1.54, 1.807) is 0 Å². The van der Waals surface area contributed by atoms with Gasteiger partial charge in [-0.05, 0) is 51.2 Å². The fourth-order valence-electron chi connectivity index (χ4n) is 3.34. The Hall–Kier alpha value is -1.08. The molecular formula is C16H27N3O. The number of hydrogen-bond acceptors (Lipinski definition) is 3. The summed E-state index contributed by atoms with van der Waals surface area (Å²) in [6, 6.07) is 2.30. The third kappa shape index (κ3) is 3.32. The number of likely N-dealkylation sites (tertiary alicyclic amines) is 1. The summed E-state index contributed by atoms with van der Waals surface area (Å²) in [7, 11) is 2.14. The number of hydrogen-bond donors (Lipinski definition) is 1. The minimum atomic E-state index is -0.750. The van der Waals surface area contributed by atoms with Gasteiger partial charge in [0, 0.05) is 6.54 Å². The molecule has 4 heteroatoms. The van der Waals surface area contributed by atoms with E-state index < -0.39 is 5.41 Å². The van der Waals surface area contributed by atoms with Crippen LogP contribution in [0.4, 0.5) is 0 Å². The van der Waals surface area contributed by atoms with Crippen molar-refractivity contribution in [2.45, 2.75) is 51.9 Å². The number of piperidine rings is 1. The molecule has 1 aliphatic heterocycles. The van der Waals surface area contributed by atoms with E-state index in [0.29, 0.717) is 6.54 Å². The second-order valence-electron chi connectivity index (χ2n) is 7.05. The Bertz CT molecular complexity index is 385. The molecule has 2 fully saturated rings. The number of nitriles is 1. The van der Waals surface area contributed by atoms with Crippen LogP contribution in [-0.4, -0.2) is 37.5 Å². The number of nitrogens with zero attached hydrogens (tertiary/aromatic N) is 2. The van der Waals surface area contributed by atoms with Crippen LogP contribution in [0.5, 0.6) is 0 Å². The van der Waals surface area contributed by atoms with Crippen LogP contribution in [-0.2, 0) is 4.79 Å². The van der Waals surface area contributed by atoms with E-state index >= 15 is 0 Å². The topological polar surface area (TPSA) is 56.1 Å². The summed E-state index contributed by atoms with van der Waals surface area (Å²) in [4.78, 5) is 14.8. The Morgan fingerprint density at radius 1 is 1.20 bits per heavy atom. The molecule has 112 valence electrons. The number of carbonyl (C=O) groups is 1. The van der Waals surface area contributed by atoms with E-state index in [1.807, 2.05) is 0 Å². The molecule has 1 amide bonds. The quantitative estimate of drug-likeness (QED) is 0.861. The normalized spacial score (nSPS) is 25.6. The van der Waals surface area contributed by atoms with Gasteiger partial charge in [-0.3, -0.25) is 4.79 Å². The van der Waals surface area contributed by atoms with Crippen molar-refractivity contribution in [3.05, 3.63) is 0 Å². The Labute approximate surface area is 122 Å². The molecule has 0 atom stereocenters. The molecule has 0 unspecified atom stereocenters. The maximum absolute atomic E-state index is 12.5. The first-order valence-electron chi connectivity index (χ1n) is 7.88. The van der Waals surface area contributed by atoms with Crippen molar-refractivity contribution in [3.63, 3.8) is 0 Å². The Morgan fingerprint density at radius 2 is 1.80 bits per heavy atom. The highest BCUT2D eigenvalue weighted by Crippen LogP contribution is 2.36. The smallest absolute Gasteiger partial charge is 0.240 e. The molecule has 0 radical (unpaired) electrons. The third-order valence-corrected chi connectivity index (χ3v) is 5.23. The Morgan fingerprint density at radius 3 is 2.35 bits per heavy atom. The summed E-state index contributed by atoms with van der Waals surface area (Å²) >= 11 is 0. The highest BCUT2D eigenvalue weighted by Gasteiger charge is 2.40. The van der Waals surface area contributed by atoms with Crippen molar-refractivity contribution in [2.24, 2.45) is 10.8 Å². The summed E-state index contributed by atoms with van der Waals surface area (Å²) in [5.74, 6) is -0.0279. The molecule has 0 aromatic heterocycles. The molecule has 0 aromatic carbocycles. The van der Waals surface area contributed by atoms with Crippen LogP contribution in [0.3, 0.4) is 0 Å². The van der Waals surface area contributed by atoms with Gasteiger partial charge in [-0.2, -0.15) is 5.26 Å². The van der Waals surface area contributed by atoms with Crippen molar-refractivity contribution in [1.82, 2.24) is 10.2 Å². The summed E-state index contributed by atoms with van der Waals surface area (Å²) in [5, 5.41) is 12.5. The lowest BCUT2D eigenvalue weighted by molar-refractivity contribution is -0.130. The van der Waals surface area contributed by atoms with Crippen molar-refractivity contribution >= 4 is 5.91 Å². The zero-order valence-corrected chi connectivity index (χ0v) is 12.9. The van der Waals surface area contributed by atoms with Gasteiger partial charge in [0.05, 0.1) is 6.07 Å². The SMILES string of the molecule is CN1CCC(C)(CNC(=O)C2(C#N)CCCCC2)CC1. The Balaban J connectivity index is 1.89. The molecule has 1 N–H and O–H groups in total. The lowest BCUT2D eigenvalue weighted by atomic mass is 9.74. The monoisotopic (exact) mass is 277 g/mol. The number of rotatable bonds is 3. The second kappa shape index (κ2) is 6.13. The average Bonchev–Trinajstić information content (AvgIpc) is 2.49. The molecule has 2 rings (SSSR count). The zero-order chi connectivity index (χ0) is 14.6. The van der Waals surface area contributed by atoms with Gasteiger partial charge in [0.25, 0.3) is 0 Å². The highest BCUT2D eigenvalue weighted by atomic mass is 16.2. The molecule has 1 aliphatic carbocycles. The third-order valence-electron chi connectivity index (χ3n) is 5.23. The van der Waals surface area contributed by atoms with Crippen LogP contribution in [0, 0.1) is 22.2 Å². The molecule has 4 nitrogen and oxygen atoms in total. The average molecular weight is 277 g/mol. The van der Waals surface area contributed by atoms with Gasteiger partial charge in [0.2, 0.25) is 5.91 Å². The van der Waals surface area contributed by atoms with E-state index in [9.17, 15) is 10.1 Å². The molecule has 0 spiro atoms.